The molecule has 0 atom stereocenters. The van der Waals surface area contributed by atoms with Crippen molar-refractivity contribution in [2.24, 2.45) is 0 Å². The summed E-state index contributed by atoms with van der Waals surface area (Å²) in [4.78, 5) is 15.3. The number of furan rings is 1. The monoisotopic (exact) mass is 408 g/mol. The van der Waals surface area contributed by atoms with Gasteiger partial charge >= 0.3 is 5.97 Å². The number of nitrogens with zero attached hydrogens (tertiary/aromatic N) is 3. The Morgan fingerprint density at radius 2 is 1.84 bits per heavy atom. The van der Waals surface area contributed by atoms with Gasteiger partial charge in [-0.1, -0.05) is 12.1 Å². The summed E-state index contributed by atoms with van der Waals surface area (Å²) >= 11 is 0. The van der Waals surface area contributed by atoms with Crippen molar-refractivity contribution in [3.8, 4) is 23.5 Å². The summed E-state index contributed by atoms with van der Waals surface area (Å²) in [5.74, 6) is 0.236. The van der Waals surface area contributed by atoms with Crippen molar-refractivity contribution in [3.05, 3.63) is 75.7 Å². The molecule has 1 aliphatic rings. The van der Waals surface area contributed by atoms with E-state index in [2.05, 4.69) is 17.1 Å². The summed E-state index contributed by atoms with van der Waals surface area (Å²) in [6.07, 6.45) is 1.81. The number of carbonyl (C=O) groups is 1. The highest BCUT2D eigenvalue weighted by Crippen LogP contribution is 2.44. The molecule has 150 valence electrons. The number of nitrogens with two attached hydrogens (primary N) is 1. The quantitative estimate of drug-likeness (QED) is 0.643. The van der Waals surface area contributed by atoms with Gasteiger partial charge in [-0.2, -0.15) is 10.5 Å². The van der Waals surface area contributed by atoms with Crippen molar-refractivity contribution in [3.63, 3.8) is 0 Å². The lowest BCUT2D eigenvalue weighted by molar-refractivity contribution is 0.0697. The predicted molar refractivity (Wildman–Crippen MR) is 115 cm³/mol. The first-order chi connectivity index (χ1) is 14.8. The Morgan fingerprint density at radius 1 is 1.13 bits per heavy atom. The Morgan fingerprint density at radius 3 is 2.45 bits per heavy atom. The number of hydrogen-bond acceptors (Lipinski definition) is 6. The van der Waals surface area contributed by atoms with Gasteiger partial charge < -0.3 is 15.3 Å². The molecule has 0 bridgehead atoms. The fourth-order valence-corrected chi connectivity index (χ4v) is 3.70. The van der Waals surface area contributed by atoms with Crippen molar-refractivity contribution < 1.29 is 14.3 Å². The lowest BCUT2D eigenvalue weighted by Gasteiger charge is -2.10. The number of carboxylic acid groups (broad SMARTS) is 1. The summed E-state index contributed by atoms with van der Waals surface area (Å²) < 4.78 is 5.94. The Labute approximate surface area is 178 Å². The van der Waals surface area contributed by atoms with Crippen LogP contribution in [0.3, 0.4) is 0 Å². The topological polar surface area (TPSA) is 137 Å². The molecule has 3 N–H and O–H groups in total. The number of aromatic carboxylic acids is 1. The molecule has 0 amide bonds. The highest BCUT2D eigenvalue weighted by molar-refractivity contribution is 6.08. The van der Waals surface area contributed by atoms with E-state index >= 15 is 0 Å². The van der Waals surface area contributed by atoms with Gasteiger partial charge in [-0.3, -0.25) is 0 Å². The Kier molecular flexibility index (Phi) is 4.65. The molecule has 7 nitrogen and oxygen atoms in total. The molecule has 0 saturated heterocycles. The summed E-state index contributed by atoms with van der Waals surface area (Å²) in [7, 11) is 0. The van der Waals surface area contributed by atoms with Gasteiger partial charge in [0.15, 0.2) is 0 Å². The van der Waals surface area contributed by atoms with E-state index in [1.54, 1.807) is 37.3 Å². The van der Waals surface area contributed by atoms with Crippen LogP contribution in [-0.4, -0.2) is 16.1 Å². The summed E-state index contributed by atoms with van der Waals surface area (Å²) in [6.45, 7) is 3.61. The highest BCUT2D eigenvalue weighted by atomic mass is 16.4. The van der Waals surface area contributed by atoms with Gasteiger partial charge in [-0.05, 0) is 60.9 Å². The summed E-state index contributed by atoms with van der Waals surface area (Å²) in [5, 5.41) is 28.1. The van der Waals surface area contributed by atoms with Crippen molar-refractivity contribution in [1.29, 1.82) is 10.5 Å². The van der Waals surface area contributed by atoms with E-state index in [1.165, 1.54) is 12.1 Å². The number of pyridine rings is 1. The van der Waals surface area contributed by atoms with E-state index < -0.39 is 5.97 Å². The van der Waals surface area contributed by atoms with E-state index in [-0.39, 0.29) is 16.9 Å². The van der Waals surface area contributed by atoms with E-state index in [4.69, 9.17) is 15.3 Å². The van der Waals surface area contributed by atoms with Crippen LogP contribution in [0, 0.1) is 29.6 Å². The molecule has 1 aromatic carbocycles. The first-order valence-electron chi connectivity index (χ1n) is 9.33. The van der Waals surface area contributed by atoms with Crippen LogP contribution < -0.4 is 5.73 Å². The van der Waals surface area contributed by atoms with Crippen molar-refractivity contribution >= 4 is 29.0 Å². The zero-order valence-corrected chi connectivity index (χ0v) is 16.7. The number of hydrogen-bond donors (Lipinski definition) is 2. The van der Waals surface area contributed by atoms with Gasteiger partial charge in [0.1, 0.15) is 29.5 Å². The number of benzene rings is 1. The largest absolute Gasteiger partial charge is 0.478 e. The van der Waals surface area contributed by atoms with Crippen LogP contribution >= 0.6 is 0 Å². The van der Waals surface area contributed by atoms with Crippen LogP contribution in [0.25, 0.3) is 28.5 Å². The van der Waals surface area contributed by atoms with E-state index in [0.29, 0.717) is 33.9 Å². The maximum atomic E-state index is 11.0. The third-order valence-electron chi connectivity index (χ3n) is 5.31. The Balaban J connectivity index is 1.81. The maximum absolute atomic E-state index is 11.0. The fourth-order valence-electron chi connectivity index (χ4n) is 3.70. The SMILES string of the molecule is CC1=C(C#N)c2nc(N)c(C#N)c(C)c2/C1=C\c1ccc(-c2ccc(C(=O)O)cc2)o1. The van der Waals surface area contributed by atoms with Gasteiger partial charge in [0.2, 0.25) is 0 Å². The molecular formula is C24H16N4O3. The van der Waals surface area contributed by atoms with E-state index in [0.717, 1.165) is 16.7 Å². The first kappa shape index (κ1) is 19.7. The number of rotatable bonds is 3. The molecule has 3 aromatic rings. The minimum absolute atomic E-state index is 0.102. The molecule has 2 heterocycles. The number of allylic oxidation sites excluding steroid dienone is 3. The van der Waals surface area contributed by atoms with E-state index in [1.807, 2.05) is 6.92 Å². The fraction of sp³-hybridized carbons (Fsp3) is 0.0833. The molecule has 0 radical (unpaired) electrons. The van der Waals surface area contributed by atoms with Crippen LogP contribution in [0.15, 0.2) is 46.4 Å². The third-order valence-corrected chi connectivity index (χ3v) is 5.31. The minimum Gasteiger partial charge on any atom is -0.478 e. The maximum Gasteiger partial charge on any atom is 0.335 e. The number of fused-ring (bicyclic) bond motifs is 1. The molecular weight excluding hydrogens is 392 g/mol. The van der Waals surface area contributed by atoms with Crippen molar-refractivity contribution in [2.45, 2.75) is 13.8 Å². The molecule has 4 rings (SSSR count). The molecule has 0 aliphatic heterocycles. The summed E-state index contributed by atoms with van der Waals surface area (Å²) in [6, 6.07) is 14.2. The molecule has 2 aromatic heterocycles. The molecule has 0 saturated carbocycles. The highest BCUT2D eigenvalue weighted by Gasteiger charge is 2.29. The Hall–Kier alpha value is -4.62. The second-order valence-corrected chi connectivity index (χ2v) is 7.09. The molecule has 0 fully saturated rings. The van der Waals surface area contributed by atoms with Gasteiger partial charge in [0.25, 0.3) is 0 Å². The third kappa shape index (κ3) is 3.15. The van der Waals surface area contributed by atoms with E-state index in [9.17, 15) is 15.3 Å². The van der Waals surface area contributed by atoms with Crippen LogP contribution in [-0.2, 0) is 0 Å². The van der Waals surface area contributed by atoms with Crippen LogP contribution in [0.4, 0.5) is 5.82 Å². The smallest absolute Gasteiger partial charge is 0.335 e. The van der Waals surface area contributed by atoms with Gasteiger partial charge in [0.05, 0.1) is 22.4 Å². The number of aromatic nitrogens is 1. The minimum atomic E-state index is -0.992. The molecule has 7 heteroatoms. The van der Waals surface area contributed by atoms with Crippen LogP contribution in [0.2, 0.25) is 0 Å². The van der Waals surface area contributed by atoms with Crippen LogP contribution in [0.1, 0.15) is 45.4 Å². The molecule has 0 unspecified atom stereocenters. The van der Waals surface area contributed by atoms with Crippen molar-refractivity contribution in [2.75, 3.05) is 5.73 Å². The normalized spacial score (nSPS) is 13.7. The number of anilines is 1. The zero-order chi connectivity index (χ0) is 22.3. The Bertz CT molecular complexity index is 1390. The van der Waals surface area contributed by atoms with Crippen molar-refractivity contribution in [1.82, 2.24) is 4.98 Å². The average molecular weight is 408 g/mol. The predicted octanol–water partition coefficient (Wildman–Crippen LogP) is 4.65. The lowest BCUT2D eigenvalue weighted by Crippen LogP contribution is -2.03. The number of carboxylic acids is 1. The second-order valence-electron chi connectivity index (χ2n) is 7.09. The standard InChI is InChI=1S/C24H16N4O3/c1-12-17(21-13(2)19(11-26)23(27)28-22(21)18(12)10-25)9-16-7-8-20(31-16)14-3-5-15(6-4-14)24(29)30/h3-9H,1-2H3,(H2,27,28)(H,29,30)/b17-9-. The number of nitriles is 2. The number of nitrogen functional groups attached to an aromatic ring is 1. The molecule has 0 spiro atoms. The van der Waals surface area contributed by atoms with Gasteiger partial charge in [0, 0.05) is 11.1 Å². The molecule has 31 heavy (non-hydrogen) atoms. The van der Waals surface area contributed by atoms with Gasteiger partial charge in [-0.25, -0.2) is 9.78 Å². The van der Waals surface area contributed by atoms with Gasteiger partial charge in [-0.15, -0.1) is 0 Å². The summed E-state index contributed by atoms with van der Waals surface area (Å²) in [5.41, 5.74) is 10.9. The first-order valence-corrected chi connectivity index (χ1v) is 9.33. The zero-order valence-electron chi connectivity index (χ0n) is 16.7. The second kappa shape index (κ2) is 7.33. The molecule has 1 aliphatic carbocycles. The average Bonchev–Trinajstić information content (AvgIpc) is 3.31. The van der Waals surface area contributed by atoms with Crippen LogP contribution in [0.5, 0.6) is 0 Å². The lowest BCUT2D eigenvalue weighted by atomic mass is 9.96.